The minimum atomic E-state index is 0.0277. The van der Waals surface area contributed by atoms with E-state index in [1.165, 1.54) is 12.8 Å². The zero-order valence-electron chi connectivity index (χ0n) is 8.82. The lowest BCUT2D eigenvalue weighted by Gasteiger charge is -2.23. The number of rotatable bonds is 6. The van der Waals surface area contributed by atoms with Crippen LogP contribution < -0.4 is 5.73 Å². The Labute approximate surface area is 80.6 Å². The van der Waals surface area contributed by atoms with E-state index in [9.17, 15) is 0 Å². The molecule has 0 spiro atoms. The van der Waals surface area contributed by atoms with Gasteiger partial charge in [0.2, 0.25) is 0 Å². The van der Waals surface area contributed by atoms with Gasteiger partial charge in [-0.15, -0.1) is 0 Å². The Morgan fingerprint density at radius 1 is 1.38 bits per heavy atom. The van der Waals surface area contributed by atoms with Crippen LogP contribution in [0.2, 0.25) is 0 Å². The topological polar surface area (TPSA) is 44.5 Å². The van der Waals surface area contributed by atoms with Crippen molar-refractivity contribution in [1.82, 2.24) is 0 Å². The fraction of sp³-hybridized carbons (Fsp3) is 1.00. The van der Waals surface area contributed by atoms with Gasteiger partial charge in [0.05, 0.1) is 24.9 Å². The molecule has 1 saturated carbocycles. The zero-order valence-corrected chi connectivity index (χ0v) is 8.82. The van der Waals surface area contributed by atoms with E-state index in [2.05, 4.69) is 0 Å². The molecule has 0 aromatic carbocycles. The first-order valence-electron chi connectivity index (χ1n) is 5.05. The summed E-state index contributed by atoms with van der Waals surface area (Å²) in [5.41, 5.74) is 5.97. The molecule has 0 aliphatic heterocycles. The maximum absolute atomic E-state index is 5.97. The molecule has 0 amide bonds. The van der Waals surface area contributed by atoms with E-state index < -0.39 is 0 Å². The predicted octanol–water partition coefficient (Wildman–Crippen LogP) is 1.16. The molecule has 1 aliphatic rings. The lowest BCUT2D eigenvalue weighted by molar-refractivity contribution is 0.00450. The molecule has 2 atom stereocenters. The highest BCUT2D eigenvalue weighted by atomic mass is 16.5. The van der Waals surface area contributed by atoms with Crippen molar-refractivity contribution in [2.75, 3.05) is 13.7 Å². The summed E-state index contributed by atoms with van der Waals surface area (Å²) in [6.45, 7) is 4.64. The lowest BCUT2D eigenvalue weighted by atomic mass is 10.1. The summed E-state index contributed by atoms with van der Waals surface area (Å²) in [7, 11) is 1.73. The van der Waals surface area contributed by atoms with Crippen LogP contribution in [0.4, 0.5) is 0 Å². The quantitative estimate of drug-likeness (QED) is 0.678. The van der Waals surface area contributed by atoms with Gasteiger partial charge in [-0.05, 0) is 32.6 Å². The number of nitrogens with two attached hydrogens (primary N) is 1. The molecule has 1 aliphatic carbocycles. The fourth-order valence-corrected chi connectivity index (χ4v) is 1.54. The van der Waals surface area contributed by atoms with Crippen molar-refractivity contribution in [3.05, 3.63) is 0 Å². The first-order chi connectivity index (χ1) is 6.15. The molecule has 13 heavy (non-hydrogen) atoms. The van der Waals surface area contributed by atoms with E-state index in [0.717, 1.165) is 0 Å². The highest BCUT2D eigenvalue weighted by Crippen LogP contribution is 2.35. The first kappa shape index (κ1) is 11.0. The second-order valence-electron chi connectivity index (χ2n) is 4.08. The standard InChI is InChI=1S/C10H21NO2/c1-7(2)13-6-9(11)10(12-3)8-4-5-8/h7-10H,4-6,11H2,1-3H3. The molecule has 3 heteroatoms. The zero-order chi connectivity index (χ0) is 9.84. The largest absolute Gasteiger partial charge is 0.379 e. The van der Waals surface area contributed by atoms with Crippen LogP contribution in [0.25, 0.3) is 0 Å². The molecule has 0 aromatic heterocycles. The first-order valence-corrected chi connectivity index (χ1v) is 5.05. The van der Waals surface area contributed by atoms with E-state index in [-0.39, 0.29) is 18.2 Å². The van der Waals surface area contributed by atoms with Gasteiger partial charge in [0.15, 0.2) is 0 Å². The highest BCUT2D eigenvalue weighted by Gasteiger charge is 2.35. The Bertz CT molecular complexity index is 146. The summed E-state index contributed by atoms with van der Waals surface area (Å²) in [6.07, 6.45) is 2.96. The van der Waals surface area contributed by atoms with Crippen molar-refractivity contribution < 1.29 is 9.47 Å². The van der Waals surface area contributed by atoms with Gasteiger partial charge in [-0.25, -0.2) is 0 Å². The van der Waals surface area contributed by atoms with Gasteiger partial charge in [0.25, 0.3) is 0 Å². The van der Waals surface area contributed by atoms with Crippen molar-refractivity contribution >= 4 is 0 Å². The molecular formula is C10H21NO2. The molecule has 0 aromatic rings. The number of hydrogen-bond donors (Lipinski definition) is 1. The third-order valence-corrected chi connectivity index (χ3v) is 2.40. The summed E-state index contributed by atoms with van der Waals surface area (Å²) >= 11 is 0. The monoisotopic (exact) mass is 187 g/mol. The average molecular weight is 187 g/mol. The van der Waals surface area contributed by atoms with Gasteiger partial charge in [0, 0.05) is 7.11 Å². The summed E-state index contributed by atoms with van der Waals surface area (Å²) in [6, 6.07) is 0.0277. The summed E-state index contributed by atoms with van der Waals surface area (Å²) < 4.78 is 10.8. The Morgan fingerprint density at radius 2 is 2.00 bits per heavy atom. The van der Waals surface area contributed by atoms with Crippen LogP contribution in [0, 0.1) is 5.92 Å². The van der Waals surface area contributed by atoms with Gasteiger partial charge < -0.3 is 15.2 Å². The predicted molar refractivity (Wildman–Crippen MR) is 52.6 cm³/mol. The van der Waals surface area contributed by atoms with Gasteiger partial charge in [-0.2, -0.15) is 0 Å². The SMILES string of the molecule is COC(C(N)COC(C)C)C1CC1. The van der Waals surface area contributed by atoms with Gasteiger partial charge in [-0.3, -0.25) is 0 Å². The van der Waals surface area contributed by atoms with Gasteiger partial charge in [-0.1, -0.05) is 0 Å². The number of methoxy groups -OCH3 is 1. The number of ether oxygens (including phenoxy) is 2. The molecule has 1 rings (SSSR count). The van der Waals surface area contributed by atoms with E-state index in [0.29, 0.717) is 12.5 Å². The van der Waals surface area contributed by atoms with Gasteiger partial charge in [0.1, 0.15) is 0 Å². The molecule has 0 radical (unpaired) electrons. The average Bonchev–Trinajstić information content (AvgIpc) is 2.86. The molecule has 0 heterocycles. The van der Waals surface area contributed by atoms with Crippen LogP contribution in [-0.4, -0.2) is 32.0 Å². The van der Waals surface area contributed by atoms with Crippen LogP contribution in [0.5, 0.6) is 0 Å². The lowest BCUT2D eigenvalue weighted by Crippen LogP contribution is -2.42. The van der Waals surface area contributed by atoms with E-state index in [4.69, 9.17) is 15.2 Å². The second kappa shape index (κ2) is 4.94. The fourth-order valence-electron chi connectivity index (χ4n) is 1.54. The molecule has 2 N–H and O–H groups in total. The van der Waals surface area contributed by atoms with Crippen LogP contribution in [0.15, 0.2) is 0 Å². The minimum Gasteiger partial charge on any atom is -0.379 e. The Hall–Kier alpha value is -0.120. The maximum Gasteiger partial charge on any atom is 0.0772 e. The molecule has 0 bridgehead atoms. The van der Waals surface area contributed by atoms with E-state index in [1.54, 1.807) is 7.11 Å². The van der Waals surface area contributed by atoms with Crippen LogP contribution in [-0.2, 0) is 9.47 Å². The third-order valence-electron chi connectivity index (χ3n) is 2.40. The summed E-state index contributed by atoms with van der Waals surface area (Å²) in [4.78, 5) is 0. The molecule has 2 unspecified atom stereocenters. The smallest absolute Gasteiger partial charge is 0.0772 e. The molecule has 1 fully saturated rings. The second-order valence-corrected chi connectivity index (χ2v) is 4.08. The van der Waals surface area contributed by atoms with Crippen molar-refractivity contribution in [2.24, 2.45) is 11.7 Å². The third kappa shape index (κ3) is 3.63. The van der Waals surface area contributed by atoms with Crippen LogP contribution in [0.1, 0.15) is 26.7 Å². The highest BCUT2D eigenvalue weighted by molar-refractivity contribution is 4.88. The van der Waals surface area contributed by atoms with Crippen molar-refractivity contribution in [2.45, 2.75) is 44.9 Å². The molecule has 0 saturated heterocycles. The molecule has 78 valence electrons. The van der Waals surface area contributed by atoms with E-state index in [1.807, 2.05) is 13.8 Å². The minimum absolute atomic E-state index is 0.0277. The molecular weight excluding hydrogens is 166 g/mol. The van der Waals surface area contributed by atoms with Crippen molar-refractivity contribution in [3.8, 4) is 0 Å². The Kier molecular flexibility index (Phi) is 4.16. The Morgan fingerprint density at radius 3 is 2.38 bits per heavy atom. The summed E-state index contributed by atoms with van der Waals surface area (Å²) in [5.74, 6) is 0.677. The van der Waals surface area contributed by atoms with Gasteiger partial charge >= 0.3 is 0 Å². The van der Waals surface area contributed by atoms with Crippen LogP contribution in [0.3, 0.4) is 0 Å². The van der Waals surface area contributed by atoms with Crippen molar-refractivity contribution in [1.29, 1.82) is 0 Å². The Balaban J connectivity index is 2.22. The number of hydrogen-bond acceptors (Lipinski definition) is 3. The summed E-state index contributed by atoms with van der Waals surface area (Å²) in [5, 5.41) is 0. The van der Waals surface area contributed by atoms with Crippen molar-refractivity contribution in [3.63, 3.8) is 0 Å². The molecule has 3 nitrogen and oxygen atoms in total. The normalized spacial score (nSPS) is 21.9. The van der Waals surface area contributed by atoms with E-state index >= 15 is 0 Å². The van der Waals surface area contributed by atoms with Crippen LogP contribution >= 0.6 is 0 Å². The maximum atomic E-state index is 5.97.